The van der Waals surface area contributed by atoms with E-state index in [-0.39, 0.29) is 23.1 Å². The Morgan fingerprint density at radius 2 is 1.81 bits per heavy atom. The molecule has 0 unspecified atom stereocenters. The normalized spacial score (nSPS) is 27.3. The molecular weight excluding hydrogens is 579 g/mol. The number of nitrogens with zero attached hydrogens (tertiary/aromatic N) is 5. The smallest absolute Gasteiger partial charge is 0.238 e. The fraction of sp³-hybridized carbons (Fsp3) is 0.667. The van der Waals surface area contributed by atoms with Crippen molar-refractivity contribution < 1.29 is 43.1 Å². The first-order chi connectivity index (χ1) is 19.7. The summed E-state index contributed by atoms with van der Waals surface area (Å²) >= 11 is 0.916. The molecule has 0 spiro atoms. The summed E-state index contributed by atoms with van der Waals surface area (Å²) in [6.07, 6.45) is -2.41. The maximum Gasteiger partial charge on any atom is 0.238 e. The number of likely N-dealkylation sites (tertiary alicyclic amines) is 1. The fourth-order valence-electron chi connectivity index (χ4n) is 5.41. The third kappa shape index (κ3) is 6.77. The summed E-state index contributed by atoms with van der Waals surface area (Å²) in [5, 5.41) is 50.9. The molecule has 0 aliphatic carbocycles. The van der Waals surface area contributed by atoms with Gasteiger partial charge in [0.2, 0.25) is 5.91 Å². The number of aromatic nitrogens is 3. The third-order valence-corrected chi connectivity index (χ3v) is 9.37. The predicted octanol–water partition coefficient (Wildman–Crippen LogP) is 1.02. The summed E-state index contributed by atoms with van der Waals surface area (Å²) in [5.41, 5.74) is -2.80. The van der Waals surface area contributed by atoms with E-state index in [2.05, 4.69) is 10.3 Å². The van der Waals surface area contributed by atoms with Gasteiger partial charge >= 0.3 is 0 Å². The molecule has 2 saturated heterocycles. The largest absolute Gasteiger partial charge is 0.394 e. The van der Waals surface area contributed by atoms with E-state index in [0.717, 1.165) is 28.6 Å². The van der Waals surface area contributed by atoms with E-state index in [1.165, 1.54) is 11.1 Å². The summed E-state index contributed by atoms with van der Waals surface area (Å²) in [6, 6.07) is 0.219. The molecule has 4 N–H and O–H groups in total. The minimum absolute atomic E-state index is 0.0626. The van der Waals surface area contributed by atoms with Crippen LogP contribution in [0.2, 0.25) is 0 Å². The lowest BCUT2D eigenvalue weighted by Gasteiger charge is -2.46. The van der Waals surface area contributed by atoms with Crippen LogP contribution in [0.25, 0.3) is 11.3 Å². The highest BCUT2D eigenvalue weighted by molar-refractivity contribution is 8.01. The molecule has 42 heavy (non-hydrogen) atoms. The number of rotatable bonds is 9. The zero-order valence-corrected chi connectivity index (χ0v) is 24.7. The number of amides is 1. The van der Waals surface area contributed by atoms with Gasteiger partial charge in [-0.15, -0.1) is 16.9 Å². The molecular formula is C27H38F3N5O6S. The van der Waals surface area contributed by atoms with Gasteiger partial charge < -0.3 is 35.0 Å². The summed E-state index contributed by atoms with van der Waals surface area (Å²) in [4.78, 5) is 17.3. The van der Waals surface area contributed by atoms with Gasteiger partial charge in [-0.3, -0.25) is 4.79 Å². The van der Waals surface area contributed by atoms with E-state index >= 15 is 0 Å². The number of carbonyl (C=O) groups excluding carboxylic acids is 1. The number of aliphatic hydroxyl groups is 4. The highest BCUT2D eigenvalue weighted by atomic mass is 32.2. The molecule has 0 bridgehead atoms. The van der Waals surface area contributed by atoms with Gasteiger partial charge in [-0.2, -0.15) is 0 Å². The molecule has 4 rings (SSSR count). The van der Waals surface area contributed by atoms with E-state index in [0.29, 0.717) is 32.5 Å². The number of piperidine rings is 1. The number of hydrogen-bond donors (Lipinski definition) is 4. The molecule has 11 nitrogen and oxygen atoms in total. The van der Waals surface area contributed by atoms with Gasteiger partial charge in [0.05, 0.1) is 18.4 Å². The number of halogens is 3. The number of benzene rings is 1. The van der Waals surface area contributed by atoms with Gasteiger partial charge in [0.25, 0.3) is 0 Å². The van der Waals surface area contributed by atoms with Crippen molar-refractivity contribution in [3.8, 4) is 11.3 Å². The first-order valence-corrected chi connectivity index (χ1v) is 14.7. The zero-order valence-electron chi connectivity index (χ0n) is 23.9. The van der Waals surface area contributed by atoms with E-state index in [1.807, 2.05) is 25.8 Å². The highest BCUT2D eigenvalue weighted by Crippen LogP contribution is 2.42. The Bertz CT molecular complexity index is 1220. The Morgan fingerprint density at radius 3 is 2.38 bits per heavy atom. The van der Waals surface area contributed by atoms with Crippen LogP contribution in [0.3, 0.4) is 0 Å². The van der Waals surface area contributed by atoms with Gasteiger partial charge in [0.1, 0.15) is 40.7 Å². The predicted molar refractivity (Wildman–Crippen MR) is 148 cm³/mol. The van der Waals surface area contributed by atoms with Crippen molar-refractivity contribution in [1.82, 2.24) is 24.8 Å². The first-order valence-electron chi connectivity index (χ1n) is 13.8. The lowest BCUT2D eigenvalue weighted by atomic mass is 9.87. The number of thioether (sulfide) groups is 1. The first kappa shape index (κ1) is 32.6. The second-order valence-corrected chi connectivity index (χ2v) is 12.8. The van der Waals surface area contributed by atoms with Crippen molar-refractivity contribution in [2.45, 2.75) is 67.3 Å². The van der Waals surface area contributed by atoms with Crippen molar-refractivity contribution in [2.75, 3.05) is 40.3 Å². The molecule has 0 radical (unpaired) electrons. The Hall–Kier alpha value is -2.27. The van der Waals surface area contributed by atoms with Crippen LogP contribution in [0.4, 0.5) is 13.2 Å². The monoisotopic (exact) mass is 617 g/mol. The molecule has 6 atom stereocenters. The van der Waals surface area contributed by atoms with Crippen molar-refractivity contribution in [1.29, 1.82) is 0 Å². The summed E-state index contributed by atoms with van der Waals surface area (Å²) in [7, 11) is 3.56. The highest BCUT2D eigenvalue weighted by Gasteiger charge is 2.51. The number of aliphatic hydroxyl groups excluding tert-OH is 3. The van der Waals surface area contributed by atoms with Gasteiger partial charge in [-0.05, 0) is 37.9 Å². The molecule has 1 amide bonds. The van der Waals surface area contributed by atoms with Gasteiger partial charge in [-0.1, -0.05) is 19.1 Å². The molecule has 15 heteroatoms. The van der Waals surface area contributed by atoms with E-state index in [4.69, 9.17) is 4.74 Å². The zero-order chi connectivity index (χ0) is 30.9. The SMILES string of the molecule is CC(C)CN(C)C(=O)[C@@H](S[C@@H]1O[C@H](CO)[C@H](O)[C@H](n2cc(-c3cc(F)c(F)c(F)c3)nn2)[C@H]1O)C1(O)CCN(C)CC1. The molecule has 1 aromatic carbocycles. The van der Waals surface area contributed by atoms with Crippen molar-refractivity contribution >= 4 is 17.7 Å². The van der Waals surface area contributed by atoms with Crippen LogP contribution in [-0.4, -0.2) is 126 Å². The Balaban J connectivity index is 1.65. The van der Waals surface area contributed by atoms with Crippen LogP contribution in [0.15, 0.2) is 18.3 Å². The average Bonchev–Trinajstić information content (AvgIpc) is 3.42. The molecule has 3 heterocycles. The molecule has 1 aromatic heterocycles. The van der Waals surface area contributed by atoms with Crippen LogP contribution in [0.1, 0.15) is 32.7 Å². The van der Waals surface area contributed by atoms with E-state index in [9.17, 15) is 38.4 Å². The van der Waals surface area contributed by atoms with E-state index in [1.54, 1.807) is 7.05 Å². The lowest BCUT2D eigenvalue weighted by Crippen LogP contribution is -2.59. The van der Waals surface area contributed by atoms with Crippen LogP contribution in [0.5, 0.6) is 0 Å². The number of carbonyl (C=O) groups is 1. The maximum atomic E-state index is 13.8. The van der Waals surface area contributed by atoms with Crippen molar-refractivity contribution in [3.05, 3.63) is 35.8 Å². The topological polar surface area (TPSA) is 144 Å². The molecule has 2 fully saturated rings. The molecule has 234 valence electrons. The second-order valence-electron chi connectivity index (χ2n) is 11.6. The van der Waals surface area contributed by atoms with Gasteiger partial charge in [-0.25, -0.2) is 17.9 Å². The Morgan fingerprint density at radius 1 is 1.19 bits per heavy atom. The average molecular weight is 618 g/mol. The summed E-state index contributed by atoms with van der Waals surface area (Å²) in [6.45, 7) is 4.82. The van der Waals surface area contributed by atoms with Crippen molar-refractivity contribution in [2.24, 2.45) is 5.92 Å². The number of ether oxygens (including phenoxy) is 1. The molecule has 2 aromatic rings. The van der Waals surface area contributed by atoms with Crippen LogP contribution < -0.4 is 0 Å². The van der Waals surface area contributed by atoms with Crippen LogP contribution in [-0.2, 0) is 9.53 Å². The van der Waals surface area contributed by atoms with E-state index < -0.39 is 64.7 Å². The van der Waals surface area contributed by atoms with Gasteiger partial charge in [0.15, 0.2) is 17.5 Å². The van der Waals surface area contributed by atoms with Crippen molar-refractivity contribution in [3.63, 3.8) is 0 Å². The van der Waals surface area contributed by atoms with Crippen LogP contribution >= 0.6 is 11.8 Å². The molecule has 2 aliphatic heterocycles. The van der Waals surface area contributed by atoms with Gasteiger partial charge in [0, 0.05) is 32.2 Å². The molecule has 0 saturated carbocycles. The second kappa shape index (κ2) is 13.2. The fourth-order valence-corrected chi connectivity index (χ4v) is 6.99. The number of hydrogen-bond acceptors (Lipinski definition) is 10. The minimum atomic E-state index is -1.64. The third-order valence-electron chi connectivity index (χ3n) is 7.79. The Labute approximate surface area is 246 Å². The van der Waals surface area contributed by atoms with Crippen LogP contribution in [0, 0.1) is 23.4 Å². The maximum absolute atomic E-state index is 13.8. The Kier molecular flexibility index (Phi) is 10.2. The summed E-state index contributed by atoms with van der Waals surface area (Å²) in [5.74, 6) is -4.67. The molecule has 2 aliphatic rings. The minimum Gasteiger partial charge on any atom is -0.394 e. The summed E-state index contributed by atoms with van der Waals surface area (Å²) < 4.78 is 48.1. The lowest BCUT2D eigenvalue weighted by molar-refractivity contribution is -0.179. The quantitative estimate of drug-likeness (QED) is 0.301. The standard InChI is InChI=1S/C27H38F3N5O6S/c1-14(2)11-34(4)25(39)24(27(40)5-7-33(3)8-6-27)42-26-23(38)21(22(37)19(13-36)41-26)35-12-18(31-32-35)15-9-16(28)20(30)17(29)10-15/h9-10,12,14,19,21-24,26,36-38,40H,5-8,11,13H2,1-4H3/t19-,21+,22+,23-,24-,26+/m1/s1.